The maximum atomic E-state index is 12.5. The van der Waals surface area contributed by atoms with Gasteiger partial charge < -0.3 is 4.98 Å². The van der Waals surface area contributed by atoms with Crippen molar-refractivity contribution in [2.75, 3.05) is 0 Å². The van der Waals surface area contributed by atoms with Gasteiger partial charge in [0.25, 0.3) is 5.56 Å². The number of H-pyrrole nitrogens is 2. The fraction of sp³-hybridized carbons (Fsp3) is 0.375. The van der Waals surface area contributed by atoms with Crippen molar-refractivity contribution in [3.05, 3.63) is 40.1 Å². The van der Waals surface area contributed by atoms with Crippen molar-refractivity contribution in [1.82, 2.24) is 15.2 Å². The highest BCUT2D eigenvalue weighted by Crippen LogP contribution is 2.40. The van der Waals surface area contributed by atoms with Crippen LogP contribution in [-0.4, -0.2) is 15.2 Å². The topological polar surface area (TPSA) is 61.5 Å². The lowest BCUT2D eigenvalue weighted by atomic mass is 9.75. The highest BCUT2D eigenvalue weighted by atomic mass is 32.1. The molecule has 3 aromatic rings. The summed E-state index contributed by atoms with van der Waals surface area (Å²) in [4.78, 5) is 16.7. The largest absolute Gasteiger partial charge is 0.324 e. The van der Waals surface area contributed by atoms with Gasteiger partial charge in [0, 0.05) is 33.1 Å². The number of nitrogens with one attached hydrogen (secondary N) is 2. The van der Waals surface area contributed by atoms with Gasteiger partial charge in [-0.3, -0.25) is 9.89 Å². The standard InChI is InChI=1S/C16H17N3OS/c1-16(2)5-3-4-10-11-6-12(9-7-17-18-8-9)21-13(11)15(20)19-14(10)16/h6-8H,3-5H2,1-2H3,(H,17,18)(H,19,20). The smallest absolute Gasteiger partial charge is 0.266 e. The molecule has 108 valence electrons. The second-order valence-corrected chi connectivity index (χ2v) is 7.44. The fourth-order valence-electron chi connectivity index (χ4n) is 3.36. The van der Waals surface area contributed by atoms with E-state index in [2.05, 4.69) is 35.1 Å². The van der Waals surface area contributed by atoms with Crippen LogP contribution in [0.3, 0.4) is 0 Å². The second kappa shape index (κ2) is 4.31. The fourth-order valence-corrected chi connectivity index (χ4v) is 4.42. The first-order chi connectivity index (χ1) is 10.1. The quantitative estimate of drug-likeness (QED) is 0.721. The zero-order valence-corrected chi connectivity index (χ0v) is 12.9. The number of aromatic amines is 2. The Labute approximate surface area is 126 Å². The predicted molar refractivity (Wildman–Crippen MR) is 86.0 cm³/mol. The Morgan fingerprint density at radius 2 is 2.24 bits per heavy atom. The van der Waals surface area contributed by atoms with Gasteiger partial charge in [0.2, 0.25) is 0 Å². The highest BCUT2D eigenvalue weighted by molar-refractivity contribution is 7.22. The van der Waals surface area contributed by atoms with Crippen molar-refractivity contribution in [3.63, 3.8) is 0 Å². The molecule has 0 atom stereocenters. The van der Waals surface area contributed by atoms with Gasteiger partial charge in [-0.25, -0.2) is 0 Å². The lowest BCUT2D eigenvalue weighted by Gasteiger charge is -2.32. The second-order valence-electron chi connectivity index (χ2n) is 6.39. The van der Waals surface area contributed by atoms with Crippen LogP contribution < -0.4 is 5.56 Å². The number of aryl methyl sites for hydroxylation is 1. The summed E-state index contributed by atoms with van der Waals surface area (Å²) in [7, 11) is 0. The molecule has 0 fully saturated rings. The molecule has 0 aliphatic heterocycles. The molecule has 2 N–H and O–H groups in total. The zero-order valence-electron chi connectivity index (χ0n) is 12.1. The Bertz CT molecular complexity index is 871. The zero-order chi connectivity index (χ0) is 14.6. The molecule has 0 bridgehead atoms. The van der Waals surface area contributed by atoms with Crippen molar-refractivity contribution in [1.29, 1.82) is 0 Å². The molecule has 0 unspecified atom stereocenters. The van der Waals surface area contributed by atoms with E-state index in [0.29, 0.717) is 0 Å². The molecule has 21 heavy (non-hydrogen) atoms. The van der Waals surface area contributed by atoms with E-state index in [1.165, 1.54) is 12.0 Å². The van der Waals surface area contributed by atoms with Crippen molar-refractivity contribution < 1.29 is 0 Å². The third-order valence-corrected chi connectivity index (χ3v) is 5.67. The summed E-state index contributed by atoms with van der Waals surface area (Å²) < 4.78 is 0.836. The van der Waals surface area contributed by atoms with Crippen molar-refractivity contribution >= 4 is 21.4 Å². The molecule has 0 saturated carbocycles. The number of fused-ring (bicyclic) bond motifs is 3. The van der Waals surface area contributed by atoms with Crippen LogP contribution in [-0.2, 0) is 11.8 Å². The Balaban J connectivity index is 2.04. The molecule has 1 aliphatic rings. The van der Waals surface area contributed by atoms with Gasteiger partial charge in [-0.15, -0.1) is 11.3 Å². The molecule has 0 spiro atoms. The third kappa shape index (κ3) is 1.87. The third-order valence-electron chi connectivity index (χ3n) is 4.49. The van der Waals surface area contributed by atoms with Crippen molar-refractivity contribution in [2.24, 2.45) is 0 Å². The average Bonchev–Trinajstić information content (AvgIpc) is 3.07. The van der Waals surface area contributed by atoms with E-state index in [1.54, 1.807) is 17.5 Å². The first-order valence-corrected chi connectivity index (χ1v) is 8.06. The number of aromatic nitrogens is 3. The molecule has 1 aliphatic carbocycles. The van der Waals surface area contributed by atoms with E-state index in [9.17, 15) is 4.79 Å². The van der Waals surface area contributed by atoms with Crippen molar-refractivity contribution in [3.8, 4) is 10.4 Å². The maximum Gasteiger partial charge on any atom is 0.266 e. The lowest BCUT2D eigenvalue weighted by molar-refractivity contribution is 0.419. The molecular formula is C16H17N3OS. The summed E-state index contributed by atoms with van der Waals surface area (Å²) in [5, 5.41) is 7.96. The summed E-state index contributed by atoms with van der Waals surface area (Å²) in [6, 6.07) is 2.15. The van der Waals surface area contributed by atoms with Crippen LogP contribution in [0.25, 0.3) is 20.5 Å². The van der Waals surface area contributed by atoms with Crippen LogP contribution in [0, 0.1) is 0 Å². The Morgan fingerprint density at radius 1 is 1.38 bits per heavy atom. The van der Waals surface area contributed by atoms with Crippen LogP contribution in [0.15, 0.2) is 23.3 Å². The number of rotatable bonds is 1. The summed E-state index contributed by atoms with van der Waals surface area (Å²) in [6.45, 7) is 4.44. The SMILES string of the molecule is CC1(C)CCCc2c1[nH]c(=O)c1sc(-c3cn[nH]c3)cc21. The monoisotopic (exact) mass is 299 g/mol. The van der Waals surface area contributed by atoms with Gasteiger partial charge in [-0.05, 0) is 30.9 Å². The van der Waals surface area contributed by atoms with E-state index in [4.69, 9.17) is 0 Å². The van der Waals surface area contributed by atoms with Gasteiger partial charge in [0.05, 0.1) is 6.20 Å². The minimum Gasteiger partial charge on any atom is -0.324 e. The normalized spacial score (nSPS) is 17.0. The highest BCUT2D eigenvalue weighted by Gasteiger charge is 2.30. The van der Waals surface area contributed by atoms with Gasteiger partial charge in [-0.2, -0.15) is 5.10 Å². The van der Waals surface area contributed by atoms with Crippen LogP contribution in [0.5, 0.6) is 0 Å². The molecule has 5 heteroatoms. The molecule has 4 nitrogen and oxygen atoms in total. The van der Waals surface area contributed by atoms with E-state index in [-0.39, 0.29) is 11.0 Å². The first-order valence-electron chi connectivity index (χ1n) is 7.24. The van der Waals surface area contributed by atoms with Gasteiger partial charge >= 0.3 is 0 Å². The van der Waals surface area contributed by atoms with Crippen molar-refractivity contribution in [2.45, 2.75) is 38.5 Å². The number of pyridine rings is 1. The van der Waals surface area contributed by atoms with E-state index < -0.39 is 0 Å². The number of hydrogen-bond donors (Lipinski definition) is 2. The molecule has 3 aromatic heterocycles. The molecule has 0 saturated heterocycles. The summed E-state index contributed by atoms with van der Waals surface area (Å²) in [6.07, 6.45) is 7.02. The summed E-state index contributed by atoms with van der Waals surface area (Å²) in [5.74, 6) is 0. The molecule has 3 heterocycles. The molecule has 4 rings (SSSR count). The number of hydrogen-bond acceptors (Lipinski definition) is 3. The molecular weight excluding hydrogens is 282 g/mol. The van der Waals surface area contributed by atoms with Crippen LogP contribution in [0.4, 0.5) is 0 Å². The Morgan fingerprint density at radius 3 is 3.00 bits per heavy atom. The van der Waals surface area contributed by atoms with E-state index in [0.717, 1.165) is 39.1 Å². The number of thiophene rings is 1. The number of nitrogens with zero attached hydrogens (tertiary/aromatic N) is 1. The van der Waals surface area contributed by atoms with Crippen LogP contribution >= 0.6 is 11.3 Å². The van der Waals surface area contributed by atoms with Crippen LogP contribution in [0.2, 0.25) is 0 Å². The Kier molecular flexibility index (Phi) is 2.63. The lowest BCUT2D eigenvalue weighted by Crippen LogP contribution is -2.28. The van der Waals surface area contributed by atoms with Gasteiger partial charge in [-0.1, -0.05) is 13.8 Å². The predicted octanol–water partition coefficient (Wildman–Crippen LogP) is 3.59. The molecule has 0 aromatic carbocycles. The van der Waals surface area contributed by atoms with E-state index in [1.807, 2.05) is 6.20 Å². The first kappa shape index (κ1) is 12.8. The van der Waals surface area contributed by atoms with E-state index >= 15 is 0 Å². The minimum atomic E-state index is 0.0402. The average molecular weight is 299 g/mol. The minimum absolute atomic E-state index is 0.0402. The maximum absolute atomic E-state index is 12.5. The van der Waals surface area contributed by atoms with Gasteiger partial charge in [0.1, 0.15) is 4.70 Å². The summed E-state index contributed by atoms with van der Waals surface area (Å²) >= 11 is 1.55. The Hall–Kier alpha value is -1.88. The molecule has 0 amide bonds. The molecule has 0 radical (unpaired) electrons. The summed E-state index contributed by atoms with van der Waals surface area (Å²) in [5.41, 5.74) is 3.59. The van der Waals surface area contributed by atoms with Gasteiger partial charge in [0.15, 0.2) is 0 Å². The van der Waals surface area contributed by atoms with Crippen LogP contribution in [0.1, 0.15) is 37.9 Å².